The molecule has 3 aromatic rings. The Balaban J connectivity index is 1.81. The molecule has 0 aliphatic carbocycles. The summed E-state index contributed by atoms with van der Waals surface area (Å²) in [5.74, 6) is -0.743. The third-order valence-electron chi connectivity index (χ3n) is 5.46. The minimum absolute atomic E-state index is 0.0815. The van der Waals surface area contributed by atoms with E-state index in [1.54, 1.807) is 0 Å². The summed E-state index contributed by atoms with van der Waals surface area (Å²) >= 11 is 12.8. The van der Waals surface area contributed by atoms with Gasteiger partial charge in [0.1, 0.15) is 18.3 Å². The van der Waals surface area contributed by atoms with E-state index in [9.17, 15) is 9.59 Å². The first-order valence-corrected chi connectivity index (χ1v) is 16.6. The molecule has 3 N–H and O–H groups in total. The Labute approximate surface area is 241 Å². The SMILES string of the molecule is CC(C)c1cn(COCC[Si](C)(C)C)c2ncc(Oc3c(Cl)cc(N/N=C(/C#N)C(=O)NC(=O)O)cc3Cl)nc12. The van der Waals surface area contributed by atoms with Crippen LogP contribution in [0.5, 0.6) is 11.6 Å². The zero-order chi connectivity index (χ0) is 29.6. The highest BCUT2D eigenvalue weighted by Gasteiger charge is 2.19. The minimum atomic E-state index is -1.62. The number of rotatable bonds is 11. The summed E-state index contributed by atoms with van der Waals surface area (Å²) in [6, 6.07) is 5.36. The monoisotopic (exact) mass is 605 g/mol. The van der Waals surface area contributed by atoms with Gasteiger partial charge in [-0.05, 0) is 24.1 Å². The number of aromatic nitrogens is 3. The lowest BCUT2D eigenvalue weighted by Crippen LogP contribution is -2.34. The van der Waals surface area contributed by atoms with Gasteiger partial charge in [0.05, 0.1) is 21.9 Å². The molecule has 1 aromatic carbocycles. The van der Waals surface area contributed by atoms with E-state index >= 15 is 0 Å². The predicted molar refractivity (Wildman–Crippen MR) is 155 cm³/mol. The molecule has 2 heterocycles. The number of fused-ring (bicyclic) bond motifs is 1. The zero-order valence-electron chi connectivity index (χ0n) is 22.6. The largest absolute Gasteiger partial charge is 0.465 e. The average molecular weight is 607 g/mol. The molecule has 2 aromatic heterocycles. The van der Waals surface area contributed by atoms with Crippen LogP contribution in [0.3, 0.4) is 0 Å². The lowest BCUT2D eigenvalue weighted by atomic mass is 10.1. The lowest BCUT2D eigenvalue weighted by Gasteiger charge is -2.15. The Kier molecular flexibility index (Phi) is 10.1. The average Bonchev–Trinajstić information content (AvgIpc) is 3.21. The molecule has 15 heteroatoms. The van der Waals surface area contributed by atoms with Gasteiger partial charge in [0, 0.05) is 26.4 Å². The molecular weight excluding hydrogens is 577 g/mol. The second-order valence-corrected chi connectivity index (χ2v) is 16.7. The van der Waals surface area contributed by atoms with Gasteiger partial charge in [-0.3, -0.25) is 15.5 Å². The first kappa shape index (κ1) is 30.8. The summed E-state index contributed by atoms with van der Waals surface area (Å²) in [4.78, 5) is 31.5. The number of nitrogens with one attached hydrogen (secondary N) is 2. The molecule has 0 spiro atoms. The van der Waals surface area contributed by atoms with Crippen molar-refractivity contribution in [2.75, 3.05) is 12.0 Å². The van der Waals surface area contributed by atoms with Crippen LogP contribution in [0.15, 0.2) is 29.6 Å². The van der Waals surface area contributed by atoms with E-state index in [1.165, 1.54) is 29.7 Å². The second-order valence-electron chi connectivity index (χ2n) is 10.3. The Hall–Kier alpha value is -3.70. The molecule has 0 aliphatic rings. The van der Waals surface area contributed by atoms with Crippen LogP contribution >= 0.6 is 23.2 Å². The van der Waals surface area contributed by atoms with Crippen molar-refractivity contribution in [3.8, 4) is 17.7 Å². The molecule has 3 rings (SSSR count). The van der Waals surface area contributed by atoms with Crippen LogP contribution in [0.4, 0.5) is 10.5 Å². The van der Waals surface area contributed by atoms with E-state index in [-0.39, 0.29) is 33.3 Å². The second kappa shape index (κ2) is 13.1. The molecule has 0 radical (unpaired) electrons. The highest BCUT2D eigenvalue weighted by Crippen LogP contribution is 2.39. The minimum Gasteiger partial charge on any atom is -0.465 e. The quantitative estimate of drug-likeness (QED) is 0.102. The topological polar surface area (TPSA) is 164 Å². The third kappa shape index (κ3) is 8.15. The molecule has 2 amide bonds. The first-order chi connectivity index (χ1) is 18.8. The van der Waals surface area contributed by atoms with Crippen molar-refractivity contribution in [2.24, 2.45) is 5.10 Å². The van der Waals surface area contributed by atoms with Crippen LogP contribution in [-0.2, 0) is 16.3 Å². The Bertz CT molecular complexity index is 1470. The number of ether oxygens (including phenoxy) is 2. The summed E-state index contributed by atoms with van der Waals surface area (Å²) in [6.45, 7) is 12.1. The molecule has 0 bridgehead atoms. The summed E-state index contributed by atoms with van der Waals surface area (Å²) in [5.41, 5.74) is 4.27. The van der Waals surface area contributed by atoms with Gasteiger partial charge < -0.3 is 19.1 Å². The van der Waals surface area contributed by atoms with E-state index in [4.69, 9.17) is 43.0 Å². The smallest absolute Gasteiger partial charge is 0.411 e. The number of nitrogens with zero attached hydrogens (tertiary/aromatic N) is 5. The van der Waals surface area contributed by atoms with Crippen molar-refractivity contribution in [1.29, 1.82) is 5.26 Å². The van der Waals surface area contributed by atoms with Crippen molar-refractivity contribution in [3.05, 3.63) is 40.1 Å². The fourth-order valence-electron chi connectivity index (χ4n) is 3.40. The fraction of sp³-hybridized carbons (Fsp3) is 0.360. The van der Waals surface area contributed by atoms with E-state index < -0.39 is 25.8 Å². The van der Waals surface area contributed by atoms with Gasteiger partial charge in [-0.15, -0.1) is 0 Å². The van der Waals surface area contributed by atoms with E-state index in [1.807, 2.05) is 10.8 Å². The number of hydrazone groups is 1. The number of hydrogen-bond donors (Lipinski definition) is 3. The summed E-state index contributed by atoms with van der Waals surface area (Å²) in [7, 11) is -1.20. The maximum atomic E-state index is 11.7. The number of carbonyl (C=O) groups excluding carboxylic acids is 1. The maximum Gasteiger partial charge on any atom is 0.411 e. The summed E-state index contributed by atoms with van der Waals surface area (Å²) < 4.78 is 13.7. The Morgan fingerprint density at radius 3 is 2.50 bits per heavy atom. The highest BCUT2D eigenvalue weighted by atomic mass is 35.5. The van der Waals surface area contributed by atoms with Crippen LogP contribution in [0.2, 0.25) is 35.7 Å². The molecule has 212 valence electrons. The molecule has 0 fully saturated rings. The molecule has 0 unspecified atom stereocenters. The van der Waals surface area contributed by atoms with Gasteiger partial charge in [-0.25, -0.2) is 14.8 Å². The molecule has 0 saturated heterocycles. The van der Waals surface area contributed by atoms with Crippen LogP contribution in [0, 0.1) is 11.3 Å². The van der Waals surface area contributed by atoms with Crippen LogP contribution in [0.1, 0.15) is 25.3 Å². The van der Waals surface area contributed by atoms with E-state index in [0.717, 1.165) is 11.6 Å². The summed E-state index contributed by atoms with van der Waals surface area (Å²) in [5, 5.41) is 23.0. The number of halogens is 2. The normalized spacial score (nSPS) is 11.9. The number of anilines is 1. The van der Waals surface area contributed by atoms with E-state index in [2.05, 4.69) is 54.0 Å². The number of hydrogen-bond acceptors (Lipinski definition) is 9. The van der Waals surface area contributed by atoms with Gasteiger partial charge in [0.25, 0.3) is 5.91 Å². The Morgan fingerprint density at radius 1 is 1.25 bits per heavy atom. The van der Waals surface area contributed by atoms with Crippen molar-refractivity contribution < 1.29 is 24.2 Å². The van der Waals surface area contributed by atoms with E-state index in [0.29, 0.717) is 24.5 Å². The Morgan fingerprint density at radius 2 is 1.93 bits per heavy atom. The highest BCUT2D eigenvalue weighted by molar-refractivity contribution is 6.76. The first-order valence-electron chi connectivity index (χ1n) is 12.2. The zero-order valence-corrected chi connectivity index (χ0v) is 25.1. The predicted octanol–water partition coefficient (Wildman–Crippen LogP) is 6.05. The molecule has 0 aliphatic heterocycles. The molecule has 0 atom stereocenters. The number of carbonyl (C=O) groups is 2. The molecular formula is C25H29Cl2N7O5Si. The van der Waals surface area contributed by atoms with Crippen molar-refractivity contribution in [1.82, 2.24) is 19.9 Å². The van der Waals surface area contributed by atoms with Gasteiger partial charge in [0.15, 0.2) is 11.4 Å². The summed E-state index contributed by atoms with van der Waals surface area (Å²) in [6.07, 6.45) is 1.83. The van der Waals surface area contributed by atoms with Crippen LogP contribution in [-0.4, -0.2) is 52.0 Å². The van der Waals surface area contributed by atoms with Gasteiger partial charge in [-0.1, -0.05) is 56.7 Å². The standard InChI is InChI=1S/C25H29Cl2N7O5Si/c1-14(2)16-12-34(13-38-6-7-40(3,4)5)23-21(16)30-20(11-29-23)39-22-17(26)8-15(9-18(22)27)32-33-19(10-28)24(35)31-25(36)37/h8-9,11-12,14,32H,6-7,13H2,1-5H3,(H,31,35)(H,36,37)/b33-19-. The number of carboxylic acid groups (broad SMARTS) is 1. The molecule has 12 nitrogen and oxygen atoms in total. The van der Waals surface area contributed by atoms with Crippen molar-refractivity contribution in [3.63, 3.8) is 0 Å². The molecule has 40 heavy (non-hydrogen) atoms. The van der Waals surface area contributed by atoms with Gasteiger partial charge in [-0.2, -0.15) is 10.4 Å². The lowest BCUT2D eigenvalue weighted by molar-refractivity contribution is -0.114. The van der Waals surface area contributed by atoms with Crippen molar-refractivity contribution in [2.45, 2.75) is 52.2 Å². The van der Waals surface area contributed by atoms with Gasteiger partial charge >= 0.3 is 6.09 Å². The van der Waals surface area contributed by atoms with Crippen LogP contribution < -0.4 is 15.5 Å². The number of benzene rings is 1. The van der Waals surface area contributed by atoms with Crippen molar-refractivity contribution >= 4 is 65.8 Å². The molecule has 0 saturated carbocycles. The number of amides is 2. The van der Waals surface area contributed by atoms with Gasteiger partial charge in [0.2, 0.25) is 11.6 Å². The fourth-order valence-corrected chi connectivity index (χ4v) is 4.72. The maximum absolute atomic E-state index is 11.7. The number of nitriles is 1. The number of imide groups is 1. The third-order valence-corrected chi connectivity index (χ3v) is 7.73. The van der Waals surface area contributed by atoms with Crippen LogP contribution in [0.25, 0.3) is 11.2 Å².